The third-order valence-electron chi connectivity index (χ3n) is 2.86. The van der Waals surface area contributed by atoms with E-state index in [1.54, 1.807) is 0 Å². The molecule has 0 unspecified atom stereocenters. The highest BCUT2D eigenvalue weighted by Gasteiger charge is 2.27. The SMILES string of the molecule is COC(=O)C(CC=C1CCCC1)C(=O)OC. The molecule has 16 heavy (non-hydrogen) atoms. The summed E-state index contributed by atoms with van der Waals surface area (Å²) in [6.45, 7) is 0. The van der Waals surface area contributed by atoms with Gasteiger partial charge in [-0.05, 0) is 32.1 Å². The monoisotopic (exact) mass is 226 g/mol. The van der Waals surface area contributed by atoms with E-state index < -0.39 is 17.9 Å². The van der Waals surface area contributed by atoms with E-state index in [0.29, 0.717) is 6.42 Å². The fourth-order valence-electron chi connectivity index (χ4n) is 1.89. The van der Waals surface area contributed by atoms with E-state index in [4.69, 9.17) is 0 Å². The Morgan fingerprint density at radius 2 is 1.69 bits per heavy atom. The van der Waals surface area contributed by atoms with Gasteiger partial charge in [0.2, 0.25) is 0 Å². The van der Waals surface area contributed by atoms with Gasteiger partial charge in [-0.25, -0.2) is 0 Å². The average Bonchev–Trinajstić information content (AvgIpc) is 2.81. The summed E-state index contributed by atoms with van der Waals surface area (Å²) in [5.74, 6) is -1.87. The van der Waals surface area contributed by atoms with Crippen LogP contribution in [-0.2, 0) is 19.1 Å². The van der Waals surface area contributed by atoms with Gasteiger partial charge >= 0.3 is 11.9 Å². The zero-order valence-electron chi connectivity index (χ0n) is 9.82. The first kappa shape index (κ1) is 12.7. The van der Waals surface area contributed by atoms with Crippen LogP contribution in [0.15, 0.2) is 11.6 Å². The maximum absolute atomic E-state index is 11.4. The van der Waals surface area contributed by atoms with Crippen LogP contribution in [0.3, 0.4) is 0 Å². The van der Waals surface area contributed by atoms with Gasteiger partial charge in [-0.1, -0.05) is 11.6 Å². The van der Waals surface area contributed by atoms with Crippen molar-refractivity contribution in [3.63, 3.8) is 0 Å². The molecule has 90 valence electrons. The maximum Gasteiger partial charge on any atom is 0.320 e. The van der Waals surface area contributed by atoms with Crippen molar-refractivity contribution in [2.75, 3.05) is 14.2 Å². The molecule has 0 radical (unpaired) electrons. The molecule has 4 heteroatoms. The van der Waals surface area contributed by atoms with Crippen LogP contribution >= 0.6 is 0 Å². The number of esters is 2. The minimum atomic E-state index is -0.817. The topological polar surface area (TPSA) is 52.6 Å². The first-order valence-corrected chi connectivity index (χ1v) is 5.52. The minimum Gasteiger partial charge on any atom is -0.468 e. The van der Waals surface area contributed by atoms with Gasteiger partial charge in [0.15, 0.2) is 5.92 Å². The fraction of sp³-hybridized carbons (Fsp3) is 0.667. The Bertz CT molecular complexity index is 269. The number of allylic oxidation sites excluding steroid dienone is 2. The zero-order chi connectivity index (χ0) is 12.0. The Labute approximate surface area is 95.6 Å². The molecule has 0 saturated heterocycles. The molecule has 0 atom stereocenters. The number of hydrogen-bond donors (Lipinski definition) is 0. The summed E-state index contributed by atoms with van der Waals surface area (Å²) in [5.41, 5.74) is 1.33. The molecule has 1 fully saturated rings. The Hall–Kier alpha value is -1.32. The third-order valence-corrected chi connectivity index (χ3v) is 2.86. The summed E-state index contributed by atoms with van der Waals surface area (Å²) in [4.78, 5) is 22.7. The van der Waals surface area contributed by atoms with E-state index in [1.165, 1.54) is 32.6 Å². The molecular formula is C12H18O4. The second kappa shape index (κ2) is 6.30. The normalized spacial score (nSPS) is 15.1. The Balaban J connectivity index is 2.59. The van der Waals surface area contributed by atoms with Gasteiger partial charge in [-0.15, -0.1) is 0 Å². The summed E-state index contributed by atoms with van der Waals surface area (Å²) in [7, 11) is 2.56. The largest absolute Gasteiger partial charge is 0.468 e. The number of rotatable bonds is 4. The Morgan fingerprint density at radius 3 is 2.12 bits per heavy atom. The van der Waals surface area contributed by atoms with E-state index in [1.807, 2.05) is 6.08 Å². The van der Waals surface area contributed by atoms with Gasteiger partial charge < -0.3 is 9.47 Å². The van der Waals surface area contributed by atoms with Crippen LogP contribution in [0.1, 0.15) is 32.1 Å². The molecule has 1 rings (SSSR count). The Kier molecular flexibility index (Phi) is 5.02. The third kappa shape index (κ3) is 3.36. The molecular weight excluding hydrogens is 208 g/mol. The molecule has 0 spiro atoms. The van der Waals surface area contributed by atoms with E-state index in [0.717, 1.165) is 12.8 Å². The molecule has 0 aromatic rings. The molecule has 1 aliphatic rings. The van der Waals surface area contributed by atoms with Crippen LogP contribution in [0.2, 0.25) is 0 Å². The predicted molar refractivity (Wildman–Crippen MR) is 58.7 cm³/mol. The molecule has 0 N–H and O–H groups in total. The standard InChI is InChI=1S/C12H18O4/c1-15-11(13)10(12(14)16-2)8-7-9-5-3-4-6-9/h7,10H,3-6,8H2,1-2H3. The molecule has 0 heterocycles. The number of carbonyl (C=O) groups excluding carboxylic acids is 2. The fourth-order valence-corrected chi connectivity index (χ4v) is 1.89. The molecule has 1 aliphatic carbocycles. The van der Waals surface area contributed by atoms with Crippen LogP contribution in [0.5, 0.6) is 0 Å². The molecule has 0 amide bonds. The minimum absolute atomic E-state index is 0.384. The van der Waals surface area contributed by atoms with Crippen molar-refractivity contribution in [3.05, 3.63) is 11.6 Å². The summed E-state index contributed by atoms with van der Waals surface area (Å²) in [5, 5.41) is 0. The molecule has 0 aliphatic heterocycles. The summed E-state index contributed by atoms with van der Waals surface area (Å²) >= 11 is 0. The van der Waals surface area contributed by atoms with Gasteiger partial charge in [0, 0.05) is 0 Å². The highest BCUT2D eigenvalue weighted by atomic mass is 16.5. The van der Waals surface area contributed by atoms with Gasteiger partial charge in [0.1, 0.15) is 0 Å². The molecule has 0 bridgehead atoms. The average molecular weight is 226 g/mol. The lowest BCUT2D eigenvalue weighted by atomic mass is 10.0. The summed E-state index contributed by atoms with van der Waals surface area (Å²) < 4.78 is 9.16. The first-order valence-electron chi connectivity index (χ1n) is 5.52. The van der Waals surface area contributed by atoms with E-state index in [2.05, 4.69) is 9.47 Å². The number of ether oxygens (including phenoxy) is 2. The molecule has 0 aromatic heterocycles. The Morgan fingerprint density at radius 1 is 1.19 bits per heavy atom. The lowest BCUT2D eigenvalue weighted by Gasteiger charge is -2.10. The van der Waals surface area contributed by atoms with Crippen LogP contribution in [0, 0.1) is 5.92 Å². The van der Waals surface area contributed by atoms with Gasteiger partial charge in [-0.3, -0.25) is 9.59 Å². The lowest BCUT2D eigenvalue weighted by Crippen LogP contribution is -2.26. The van der Waals surface area contributed by atoms with E-state index >= 15 is 0 Å². The van der Waals surface area contributed by atoms with Crippen molar-refractivity contribution in [2.45, 2.75) is 32.1 Å². The van der Waals surface area contributed by atoms with Crippen LogP contribution < -0.4 is 0 Å². The zero-order valence-corrected chi connectivity index (χ0v) is 9.82. The smallest absolute Gasteiger partial charge is 0.320 e. The van der Waals surface area contributed by atoms with Crippen LogP contribution in [0.4, 0.5) is 0 Å². The van der Waals surface area contributed by atoms with Crippen molar-refractivity contribution in [3.8, 4) is 0 Å². The van der Waals surface area contributed by atoms with Gasteiger partial charge in [-0.2, -0.15) is 0 Å². The predicted octanol–water partition coefficient (Wildman–Crippen LogP) is 1.84. The lowest BCUT2D eigenvalue weighted by molar-refractivity contribution is -0.158. The van der Waals surface area contributed by atoms with Crippen molar-refractivity contribution >= 4 is 11.9 Å². The van der Waals surface area contributed by atoms with Crippen molar-refractivity contribution in [1.82, 2.24) is 0 Å². The molecule has 0 aromatic carbocycles. The van der Waals surface area contributed by atoms with Gasteiger partial charge in [0.25, 0.3) is 0 Å². The number of hydrogen-bond acceptors (Lipinski definition) is 4. The van der Waals surface area contributed by atoms with Crippen LogP contribution in [0.25, 0.3) is 0 Å². The molecule has 1 saturated carbocycles. The van der Waals surface area contributed by atoms with Crippen molar-refractivity contribution in [2.24, 2.45) is 5.92 Å². The quantitative estimate of drug-likeness (QED) is 0.417. The highest BCUT2D eigenvalue weighted by Crippen LogP contribution is 2.25. The number of methoxy groups -OCH3 is 2. The van der Waals surface area contributed by atoms with E-state index in [9.17, 15) is 9.59 Å². The first-order chi connectivity index (χ1) is 7.69. The highest BCUT2D eigenvalue weighted by molar-refractivity contribution is 5.94. The van der Waals surface area contributed by atoms with E-state index in [-0.39, 0.29) is 0 Å². The second-order valence-electron chi connectivity index (χ2n) is 3.90. The number of carbonyl (C=O) groups is 2. The maximum atomic E-state index is 11.4. The van der Waals surface area contributed by atoms with Crippen molar-refractivity contribution < 1.29 is 19.1 Å². The van der Waals surface area contributed by atoms with Crippen molar-refractivity contribution in [1.29, 1.82) is 0 Å². The molecule has 4 nitrogen and oxygen atoms in total. The van der Waals surface area contributed by atoms with Crippen LogP contribution in [-0.4, -0.2) is 26.2 Å². The summed E-state index contributed by atoms with van der Waals surface area (Å²) in [6.07, 6.45) is 6.92. The second-order valence-corrected chi connectivity index (χ2v) is 3.90. The summed E-state index contributed by atoms with van der Waals surface area (Å²) in [6, 6.07) is 0. The van der Waals surface area contributed by atoms with Gasteiger partial charge in [0.05, 0.1) is 14.2 Å².